The summed E-state index contributed by atoms with van der Waals surface area (Å²) in [5.74, 6) is -2.75. The van der Waals surface area contributed by atoms with Gasteiger partial charge in [-0.25, -0.2) is 9.78 Å². The lowest BCUT2D eigenvalue weighted by Crippen LogP contribution is -2.16. The molecule has 0 amide bonds. The minimum atomic E-state index is -1.65. The van der Waals surface area contributed by atoms with E-state index in [-0.39, 0.29) is 18.1 Å². The van der Waals surface area contributed by atoms with Crippen LogP contribution in [0.1, 0.15) is 5.56 Å². The van der Waals surface area contributed by atoms with Gasteiger partial charge in [-0.15, -0.1) is 0 Å². The van der Waals surface area contributed by atoms with Gasteiger partial charge in [0.15, 0.2) is 0 Å². The number of rotatable bonds is 8. The lowest BCUT2D eigenvalue weighted by molar-refractivity contribution is -0.385. The maximum absolute atomic E-state index is 11.2. The molecule has 0 atom stereocenters. The van der Waals surface area contributed by atoms with Crippen molar-refractivity contribution in [1.82, 2.24) is 4.98 Å². The third-order valence-electron chi connectivity index (χ3n) is 2.26. The van der Waals surface area contributed by atoms with Gasteiger partial charge in [0.25, 0.3) is 5.69 Å². The summed E-state index contributed by atoms with van der Waals surface area (Å²) in [6, 6.07) is 1.18. The molecule has 1 N–H and O–H groups in total. The lowest BCUT2D eigenvalue weighted by atomic mass is 10.1. The van der Waals surface area contributed by atoms with Crippen LogP contribution in [0.2, 0.25) is 0 Å². The van der Waals surface area contributed by atoms with Crippen LogP contribution in [0.4, 0.5) is 5.69 Å². The van der Waals surface area contributed by atoms with Crippen LogP contribution in [0.15, 0.2) is 12.3 Å². The van der Waals surface area contributed by atoms with E-state index in [2.05, 4.69) is 4.98 Å². The number of carboxylic acid groups (broad SMARTS) is 1. The Hall–Kier alpha value is -2.55. The quantitative estimate of drug-likeness (QED) is 0.310. The molecule has 0 saturated heterocycles. The lowest BCUT2D eigenvalue weighted by Gasteiger charge is -2.06. The molecule has 1 heterocycles. The Kier molecular flexibility index (Phi) is 5.54. The molecule has 108 valence electrons. The highest BCUT2D eigenvalue weighted by Gasteiger charge is 2.21. The Labute approximate surface area is 113 Å². The maximum Gasteiger partial charge on any atom is 0.372 e. The molecule has 0 radical (unpaired) electrons. The first-order valence-electron chi connectivity index (χ1n) is 5.47. The monoisotopic (exact) mass is 284 g/mol. The smallest absolute Gasteiger partial charge is 0.372 e. The fourth-order valence-electron chi connectivity index (χ4n) is 1.33. The van der Waals surface area contributed by atoms with Crippen LogP contribution in [0.3, 0.4) is 0 Å². The minimum absolute atomic E-state index is 0.0563. The zero-order valence-corrected chi connectivity index (χ0v) is 10.6. The van der Waals surface area contributed by atoms with Gasteiger partial charge in [0.2, 0.25) is 11.7 Å². The second-order valence-corrected chi connectivity index (χ2v) is 3.65. The third-order valence-corrected chi connectivity index (χ3v) is 2.26. The van der Waals surface area contributed by atoms with Crippen LogP contribution < -0.4 is 4.74 Å². The molecule has 0 aromatic carbocycles. The summed E-state index contributed by atoms with van der Waals surface area (Å²) in [6.07, 6.45) is 0.321. The molecule has 20 heavy (non-hydrogen) atoms. The number of pyridine rings is 1. The van der Waals surface area contributed by atoms with Crippen molar-refractivity contribution in [3.63, 3.8) is 0 Å². The maximum atomic E-state index is 11.2. The van der Waals surface area contributed by atoms with Gasteiger partial charge in [-0.1, -0.05) is 0 Å². The average molecular weight is 284 g/mol. The van der Waals surface area contributed by atoms with Crippen LogP contribution in [-0.4, -0.2) is 47.1 Å². The van der Waals surface area contributed by atoms with E-state index in [0.717, 1.165) is 6.20 Å². The van der Waals surface area contributed by atoms with Crippen molar-refractivity contribution in [2.75, 3.05) is 20.3 Å². The highest BCUT2D eigenvalue weighted by atomic mass is 16.6. The van der Waals surface area contributed by atoms with Crippen molar-refractivity contribution in [1.29, 1.82) is 0 Å². The molecule has 1 aromatic rings. The summed E-state index contributed by atoms with van der Waals surface area (Å²) < 4.78 is 9.91. The molecule has 9 heteroatoms. The predicted molar refractivity (Wildman–Crippen MR) is 64.6 cm³/mol. The van der Waals surface area contributed by atoms with Crippen molar-refractivity contribution in [3.05, 3.63) is 27.9 Å². The van der Waals surface area contributed by atoms with Crippen LogP contribution in [0, 0.1) is 10.1 Å². The van der Waals surface area contributed by atoms with E-state index in [1.165, 1.54) is 13.2 Å². The van der Waals surface area contributed by atoms with E-state index in [0.29, 0.717) is 6.61 Å². The molecule has 0 bridgehead atoms. The zero-order chi connectivity index (χ0) is 15.1. The Bertz CT molecular complexity index is 530. The zero-order valence-electron chi connectivity index (χ0n) is 10.6. The summed E-state index contributed by atoms with van der Waals surface area (Å²) in [5.41, 5.74) is -0.497. The van der Waals surface area contributed by atoms with Crippen molar-refractivity contribution in [2.45, 2.75) is 6.42 Å². The van der Waals surface area contributed by atoms with E-state index in [9.17, 15) is 19.7 Å². The number of Topliss-reactive ketones (excluding diaryl/α,β-unsaturated/α-hetero) is 1. The molecule has 1 aromatic heterocycles. The topological polar surface area (TPSA) is 129 Å². The van der Waals surface area contributed by atoms with E-state index in [1.54, 1.807) is 0 Å². The number of aromatic nitrogens is 1. The standard InChI is InChI=1S/C11H12N2O7/c1-19-2-3-20-10-5-7(4-9(14)11(15)16)8(6-12-10)13(17)18/h5-6H,2-4H2,1H3,(H,15,16). The van der Waals surface area contributed by atoms with Crippen LogP contribution in [-0.2, 0) is 20.7 Å². The van der Waals surface area contributed by atoms with E-state index < -0.39 is 28.8 Å². The van der Waals surface area contributed by atoms with Gasteiger partial charge >= 0.3 is 5.97 Å². The van der Waals surface area contributed by atoms with Gasteiger partial charge in [0.1, 0.15) is 12.8 Å². The van der Waals surface area contributed by atoms with Crippen LogP contribution >= 0.6 is 0 Å². The number of nitro groups is 1. The molecule has 0 spiro atoms. The number of carbonyl (C=O) groups excluding carboxylic acids is 1. The van der Waals surface area contributed by atoms with Gasteiger partial charge in [-0.3, -0.25) is 14.9 Å². The third kappa shape index (κ3) is 4.28. The molecule has 1 rings (SSSR count). The van der Waals surface area contributed by atoms with Crippen LogP contribution in [0.25, 0.3) is 0 Å². The molecule has 0 unspecified atom stereocenters. The van der Waals surface area contributed by atoms with E-state index in [1.807, 2.05) is 0 Å². The summed E-state index contributed by atoms with van der Waals surface area (Å²) >= 11 is 0. The number of ether oxygens (including phenoxy) is 2. The van der Waals surface area contributed by atoms with Gasteiger partial charge < -0.3 is 14.6 Å². The molecule has 0 aliphatic rings. The Balaban J connectivity index is 2.96. The summed E-state index contributed by atoms with van der Waals surface area (Å²) in [4.78, 5) is 35.4. The minimum Gasteiger partial charge on any atom is -0.475 e. The average Bonchev–Trinajstić information content (AvgIpc) is 2.38. The van der Waals surface area contributed by atoms with Gasteiger partial charge in [-0.2, -0.15) is 0 Å². The normalized spacial score (nSPS) is 10.1. The highest BCUT2D eigenvalue weighted by molar-refractivity contribution is 6.33. The fourth-order valence-corrected chi connectivity index (χ4v) is 1.33. The number of carboxylic acids is 1. The number of nitrogens with zero attached hydrogens (tertiary/aromatic N) is 2. The molecule has 0 aliphatic carbocycles. The number of hydrogen-bond donors (Lipinski definition) is 1. The summed E-state index contributed by atoms with van der Waals surface area (Å²) in [7, 11) is 1.48. The van der Waals surface area contributed by atoms with E-state index in [4.69, 9.17) is 14.6 Å². The first kappa shape index (κ1) is 15.5. The van der Waals surface area contributed by atoms with Crippen molar-refractivity contribution < 1.29 is 29.1 Å². The first-order valence-corrected chi connectivity index (χ1v) is 5.47. The molecule has 9 nitrogen and oxygen atoms in total. The fraction of sp³-hybridized carbons (Fsp3) is 0.364. The molecule has 0 fully saturated rings. The number of hydrogen-bond acceptors (Lipinski definition) is 7. The first-order chi connectivity index (χ1) is 9.45. The molecule has 0 saturated carbocycles. The van der Waals surface area contributed by atoms with Crippen LogP contribution in [0.5, 0.6) is 5.88 Å². The number of carbonyl (C=O) groups is 2. The van der Waals surface area contributed by atoms with Gasteiger partial charge in [0.05, 0.1) is 18.0 Å². The Morgan fingerprint density at radius 3 is 2.70 bits per heavy atom. The summed E-state index contributed by atoms with van der Waals surface area (Å²) in [5, 5.41) is 19.3. The van der Waals surface area contributed by atoms with Gasteiger partial charge in [0, 0.05) is 18.7 Å². The molecular weight excluding hydrogens is 272 g/mol. The number of methoxy groups -OCH3 is 1. The number of ketones is 1. The second-order valence-electron chi connectivity index (χ2n) is 3.65. The predicted octanol–water partition coefficient (Wildman–Crippen LogP) is 0.211. The van der Waals surface area contributed by atoms with Gasteiger partial charge in [-0.05, 0) is 0 Å². The van der Waals surface area contributed by atoms with Crippen molar-refractivity contribution in [2.24, 2.45) is 0 Å². The molecule has 0 aliphatic heterocycles. The Morgan fingerprint density at radius 1 is 1.45 bits per heavy atom. The second kappa shape index (κ2) is 7.14. The Morgan fingerprint density at radius 2 is 2.15 bits per heavy atom. The SMILES string of the molecule is COCCOc1cc(CC(=O)C(=O)O)c([N+](=O)[O-])cn1. The van der Waals surface area contributed by atoms with Crippen molar-refractivity contribution >= 4 is 17.4 Å². The largest absolute Gasteiger partial charge is 0.475 e. The number of aliphatic carboxylic acids is 1. The van der Waals surface area contributed by atoms with E-state index >= 15 is 0 Å². The molecular formula is C11H12N2O7. The van der Waals surface area contributed by atoms with Crippen molar-refractivity contribution in [3.8, 4) is 5.88 Å². The highest BCUT2D eigenvalue weighted by Crippen LogP contribution is 2.22. The summed E-state index contributed by atoms with van der Waals surface area (Å²) in [6.45, 7) is 0.468.